The topological polar surface area (TPSA) is 103 Å². The van der Waals surface area contributed by atoms with Crippen molar-refractivity contribution in [3.8, 4) is 5.75 Å². The van der Waals surface area contributed by atoms with E-state index >= 15 is 0 Å². The number of likely N-dealkylation sites (tertiary alicyclic amines) is 1. The predicted octanol–water partition coefficient (Wildman–Crippen LogP) is 2.52. The van der Waals surface area contributed by atoms with Crippen molar-refractivity contribution in [3.63, 3.8) is 0 Å². The highest BCUT2D eigenvalue weighted by atomic mass is 32.2. The highest BCUT2D eigenvalue weighted by Gasteiger charge is 2.65. The summed E-state index contributed by atoms with van der Waals surface area (Å²) < 4.78 is 73.2. The van der Waals surface area contributed by atoms with E-state index < -0.39 is 33.4 Å². The molecule has 168 valence electrons. The molecule has 1 aliphatic heterocycles. The Bertz CT molecular complexity index is 1150. The maximum atomic E-state index is 13.2. The first-order valence-corrected chi connectivity index (χ1v) is 11.4. The number of aryl methyl sites for hydroxylation is 1. The molecule has 2 aromatic rings. The van der Waals surface area contributed by atoms with E-state index in [0.29, 0.717) is 18.3 Å². The highest BCUT2D eigenvalue weighted by Crippen LogP contribution is 2.58. The van der Waals surface area contributed by atoms with Crippen LogP contribution in [0.3, 0.4) is 0 Å². The third-order valence-electron chi connectivity index (χ3n) is 5.76. The first-order valence-electron chi connectivity index (χ1n) is 9.49. The maximum Gasteiger partial charge on any atom is 0.425 e. The molecule has 0 bridgehead atoms. The van der Waals surface area contributed by atoms with Crippen molar-refractivity contribution < 1.29 is 35.6 Å². The molecule has 0 spiro atoms. The summed E-state index contributed by atoms with van der Waals surface area (Å²) in [6, 6.07) is 3.26. The smallest absolute Gasteiger partial charge is 0.425 e. The quantitative estimate of drug-likeness (QED) is 0.677. The Labute approximate surface area is 176 Å². The molecule has 0 radical (unpaired) electrons. The summed E-state index contributed by atoms with van der Waals surface area (Å²) >= 11 is 0. The Morgan fingerprint density at radius 1 is 1.39 bits per heavy atom. The van der Waals surface area contributed by atoms with Gasteiger partial charge in [0.25, 0.3) is 5.91 Å². The van der Waals surface area contributed by atoms with Crippen molar-refractivity contribution >= 4 is 15.7 Å². The summed E-state index contributed by atoms with van der Waals surface area (Å²) in [6.45, 7) is 3.09. The molecule has 1 aromatic carbocycles. The van der Waals surface area contributed by atoms with Gasteiger partial charge >= 0.3 is 6.18 Å². The van der Waals surface area contributed by atoms with Crippen molar-refractivity contribution in [2.75, 3.05) is 19.3 Å². The third-order valence-corrected chi connectivity index (χ3v) is 6.87. The van der Waals surface area contributed by atoms with E-state index in [1.807, 2.05) is 0 Å². The van der Waals surface area contributed by atoms with E-state index in [9.17, 15) is 26.4 Å². The minimum Gasteiger partial charge on any atom is -0.480 e. The van der Waals surface area contributed by atoms with Crippen LogP contribution in [0.5, 0.6) is 5.75 Å². The summed E-state index contributed by atoms with van der Waals surface area (Å²) in [5, 5.41) is 3.79. The number of ether oxygens (including phenoxy) is 1. The fourth-order valence-corrected chi connectivity index (χ4v) is 4.55. The molecule has 1 amide bonds. The SMILES string of the molecule is Cc1noc([C@]23CC2CN(C(=O)c2cc(S(C)(=O)=O)ccc2O[C@H](C)C(F)(F)F)C3)n1. The van der Waals surface area contributed by atoms with Crippen LogP contribution < -0.4 is 4.74 Å². The maximum absolute atomic E-state index is 13.2. The number of amides is 1. The molecule has 2 aliphatic rings. The Kier molecular flexibility index (Phi) is 4.83. The van der Waals surface area contributed by atoms with Gasteiger partial charge in [-0.15, -0.1) is 0 Å². The Hall–Kier alpha value is -2.63. The molecular formula is C19H20F3N3O5S. The van der Waals surface area contributed by atoms with Crippen LogP contribution in [0.4, 0.5) is 13.2 Å². The number of carbonyl (C=O) groups is 1. The number of piperidine rings is 1. The average Bonchev–Trinajstić information content (AvgIpc) is 2.99. The van der Waals surface area contributed by atoms with Gasteiger partial charge in [0.15, 0.2) is 21.8 Å². The Balaban J connectivity index is 1.65. The predicted molar refractivity (Wildman–Crippen MR) is 100 cm³/mol. The van der Waals surface area contributed by atoms with Crippen LogP contribution in [0, 0.1) is 12.8 Å². The molecule has 2 fully saturated rings. The summed E-state index contributed by atoms with van der Waals surface area (Å²) in [5.74, 6) is 0.0471. The molecular weight excluding hydrogens is 439 g/mol. The highest BCUT2D eigenvalue weighted by molar-refractivity contribution is 7.90. The second kappa shape index (κ2) is 6.94. The number of rotatable bonds is 5. The zero-order chi connectivity index (χ0) is 22.8. The second-order valence-corrected chi connectivity index (χ2v) is 10.1. The van der Waals surface area contributed by atoms with Crippen LogP contribution in [-0.2, 0) is 15.3 Å². The molecule has 1 aliphatic carbocycles. The number of benzene rings is 1. The molecule has 31 heavy (non-hydrogen) atoms. The lowest BCUT2D eigenvalue weighted by molar-refractivity contribution is -0.189. The number of fused-ring (bicyclic) bond motifs is 1. The number of hydrogen-bond donors (Lipinski definition) is 0. The first-order chi connectivity index (χ1) is 14.3. The van der Waals surface area contributed by atoms with Gasteiger partial charge in [-0.25, -0.2) is 8.42 Å². The van der Waals surface area contributed by atoms with E-state index in [1.54, 1.807) is 6.92 Å². The van der Waals surface area contributed by atoms with Gasteiger partial charge in [0.05, 0.1) is 15.9 Å². The van der Waals surface area contributed by atoms with Gasteiger partial charge in [-0.3, -0.25) is 4.79 Å². The molecule has 1 saturated carbocycles. The van der Waals surface area contributed by atoms with Gasteiger partial charge in [-0.1, -0.05) is 5.16 Å². The van der Waals surface area contributed by atoms with Gasteiger partial charge in [-0.2, -0.15) is 18.2 Å². The molecule has 1 unspecified atom stereocenters. The van der Waals surface area contributed by atoms with Crippen molar-refractivity contribution in [1.29, 1.82) is 0 Å². The number of sulfone groups is 1. The fraction of sp³-hybridized carbons (Fsp3) is 0.526. The number of nitrogens with zero attached hydrogens (tertiary/aromatic N) is 3. The monoisotopic (exact) mass is 459 g/mol. The summed E-state index contributed by atoms with van der Waals surface area (Å²) in [7, 11) is -3.69. The lowest BCUT2D eigenvalue weighted by atomic mass is 10.1. The van der Waals surface area contributed by atoms with Crippen LogP contribution in [0.2, 0.25) is 0 Å². The first kappa shape index (κ1) is 21.6. The minimum absolute atomic E-state index is 0.0906. The van der Waals surface area contributed by atoms with Crippen LogP contribution >= 0.6 is 0 Å². The van der Waals surface area contributed by atoms with Gasteiger partial charge in [-0.05, 0) is 44.4 Å². The molecule has 1 aromatic heterocycles. The van der Waals surface area contributed by atoms with Crippen LogP contribution in [0.25, 0.3) is 0 Å². The van der Waals surface area contributed by atoms with Crippen molar-refractivity contribution in [3.05, 3.63) is 35.5 Å². The lowest BCUT2D eigenvalue weighted by Crippen LogP contribution is -2.35. The number of halogens is 3. The van der Waals surface area contributed by atoms with Gasteiger partial charge in [0, 0.05) is 19.3 Å². The van der Waals surface area contributed by atoms with Gasteiger partial charge in [0.2, 0.25) is 5.89 Å². The molecule has 4 rings (SSSR count). The molecule has 2 heterocycles. The van der Waals surface area contributed by atoms with Crippen molar-refractivity contribution in [2.45, 2.75) is 42.9 Å². The number of aromatic nitrogens is 2. The van der Waals surface area contributed by atoms with Crippen LogP contribution in [0.15, 0.2) is 27.6 Å². The largest absolute Gasteiger partial charge is 0.480 e. The summed E-state index contributed by atoms with van der Waals surface area (Å²) in [4.78, 5) is 18.8. The average molecular weight is 459 g/mol. The molecule has 12 heteroatoms. The summed E-state index contributed by atoms with van der Waals surface area (Å²) in [5.41, 5.74) is -0.705. The van der Waals surface area contributed by atoms with Crippen LogP contribution in [0.1, 0.15) is 35.4 Å². The van der Waals surface area contributed by atoms with E-state index in [2.05, 4.69) is 10.1 Å². The Morgan fingerprint density at radius 2 is 2.10 bits per heavy atom. The summed E-state index contributed by atoms with van der Waals surface area (Å²) in [6.07, 6.45) is -5.11. The number of carbonyl (C=O) groups excluding carboxylic acids is 1. The molecule has 0 N–H and O–H groups in total. The molecule has 8 nitrogen and oxygen atoms in total. The molecule has 3 atom stereocenters. The zero-order valence-electron chi connectivity index (χ0n) is 16.9. The second-order valence-electron chi connectivity index (χ2n) is 8.12. The normalized spacial score (nSPS) is 24.1. The fourth-order valence-electron chi connectivity index (χ4n) is 3.91. The number of alkyl halides is 3. The zero-order valence-corrected chi connectivity index (χ0v) is 17.7. The lowest BCUT2D eigenvalue weighted by Gasteiger charge is -2.23. The number of hydrogen-bond acceptors (Lipinski definition) is 7. The van der Waals surface area contributed by atoms with Gasteiger partial charge < -0.3 is 14.2 Å². The van der Waals surface area contributed by atoms with Crippen molar-refractivity contribution in [2.24, 2.45) is 5.92 Å². The standard InChI is InChI=1S/C19H20F3N3O5S/c1-10(19(20,21)22)29-15-5-4-13(31(3,27)28)6-14(15)16(26)25-8-12-7-18(12,9-25)17-23-11(2)24-30-17/h4-6,10,12H,7-9H2,1-3H3/t10-,12?,18+/m1/s1. The van der Waals surface area contributed by atoms with E-state index in [1.165, 1.54) is 4.90 Å². The van der Waals surface area contributed by atoms with Crippen molar-refractivity contribution in [1.82, 2.24) is 15.0 Å². The van der Waals surface area contributed by atoms with E-state index in [0.717, 1.165) is 37.8 Å². The van der Waals surface area contributed by atoms with E-state index in [4.69, 9.17) is 9.26 Å². The Morgan fingerprint density at radius 3 is 2.68 bits per heavy atom. The van der Waals surface area contributed by atoms with Gasteiger partial charge in [0.1, 0.15) is 5.75 Å². The van der Waals surface area contributed by atoms with E-state index in [-0.39, 0.29) is 28.7 Å². The molecule has 1 saturated heterocycles. The third kappa shape index (κ3) is 3.88. The minimum atomic E-state index is -4.65. The van der Waals surface area contributed by atoms with Crippen LogP contribution in [-0.4, -0.2) is 61.0 Å².